The number of carbonyl (C=O) groups excluding carboxylic acids is 1. The largest absolute Gasteiger partial charge is 0.461 e. The highest BCUT2D eigenvalue weighted by atomic mass is 32.2. The number of hydrogen-bond donors (Lipinski definition) is 2. The van der Waals surface area contributed by atoms with Crippen molar-refractivity contribution in [1.29, 1.82) is 0 Å². The molecule has 0 atom stereocenters. The molecule has 24 heavy (non-hydrogen) atoms. The Balaban J connectivity index is 2.15. The summed E-state index contributed by atoms with van der Waals surface area (Å²) in [5, 5.41) is 0. The van der Waals surface area contributed by atoms with Crippen LogP contribution in [0.25, 0.3) is 0 Å². The predicted octanol–water partition coefficient (Wildman–Crippen LogP) is 2.33. The van der Waals surface area contributed by atoms with Crippen LogP contribution in [0.5, 0.6) is 0 Å². The lowest BCUT2D eigenvalue weighted by molar-refractivity contribution is 0.0519. The van der Waals surface area contributed by atoms with Crippen LogP contribution in [-0.2, 0) is 21.2 Å². The molecule has 1 aromatic carbocycles. The van der Waals surface area contributed by atoms with Crippen molar-refractivity contribution >= 4 is 16.0 Å². The fraction of sp³-hybridized carbons (Fsp3) is 0.353. The van der Waals surface area contributed by atoms with Gasteiger partial charge in [0.15, 0.2) is 0 Å². The average Bonchev–Trinajstić information content (AvgIpc) is 2.84. The molecule has 7 heteroatoms. The molecule has 2 rings (SSSR count). The van der Waals surface area contributed by atoms with Crippen molar-refractivity contribution in [2.75, 3.05) is 13.2 Å². The molecule has 0 saturated heterocycles. The first kappa shape index (κ1) is 18.2. The fourth-order valence-electron chi connectivity index (χ4n) is 2.59. The Morgan fingerprint density at radius 1 is 1.21 bits per heavy atom. The summed E-state index contributed by atoms with van der Waals surface area (Å²) in [5.74, 6) is -0.552. The molecule has 0 aliphatic rings. The van der Waals surface area contributed by atoms with Gasteiger partial charge in [-0.15, -0.1) is 0 Å². The minimum atomic E-state index is -3.71. The van der Waals surface area contributed by atoms with Crippen LogP contribution in [0, 0.1) is 13.8 Å². The Morgan fingerprint density at radius 3 is 2.50 bits per heavy atom. The summed E-state index contributed by atoms with van der Waals surface area (Å²) in [5.41, 5.74) is 2.02. The summed E-state index contributed by atoms with van der Waals surface area (Å²) in [4.78, 5) is 14.8. The number of esters is 1. The number of ether oxygens (including phenoxy) is 1. The maximum Gasteiger partial charge on any atom is 0.355 e. The van der Waals surface area contributed by atoms with Gasteiger partial charge in [-0.05, 0) is 32.8 Å². The number of hydrogen-bond acceptors (Lipinski definition) is 4. The van der Waals surface area contributed by atoms with Gasteiger partial charge in [0.2, 0.25) is 10.0 Å². The van der Waals surface area contributed by atoms with Crippen molar-refractivity contribution in [3.8, 4) is 0 Å². The van der Waals surface area contributed by atoms with Crippen LogP contribution in [0.3, 0.4) is 0 Å². The third-order valence-electron chi connectivity index (χ3n) is 3.67. The van der Waals surface area contributed by atoms with Gasteiger partial charge in [-0.25, -0.2) is 17.9 Å². The summed E-state index contributed by atoms with van der Waals surface area (Å²) in [6.07, 6.45) is 0.591. The number of carbonyl (C=O) groups is 1. The van der Waals surface area contributed by atoms with E-state index in [0.717, 1.165) is 5.56 Å². The van der Waals surface area contributed by atoms with E-state index in [9.17, 15) is 13.2 Å². The minimum absolute atomic E-state index is 0.110. The van der Waals surface area contributed by atoms with E-state index >= 15 is 0 Å². The molecule has 0 aliphatic heterocycles. The highest BCUT2D eigenvalue weighted by Gasteiger charge is 2.26. The first-order valence-corrected chi connectivity index (χ1v) is 9.25. The number of sulfonamides is 1. The van der Waals surface area contributed by atoms with E-state index in [0.29, 0.717) is 17.7 Å². The van der Waals surface area contributed by atoms with E-state index in [1.807, 2.05) is 30.3 Å². The average molecular weight is 350 g/mol. The van der Waals surface area contributed by atoms with Crippen LogP contribution in [0.2, 0.25) is 0 Å². The minimum Gasteiger partial charge on any atom is -0.461 e. The van der Waals surface area contributed by atoms with Crippen molar-refractivity contribution in [2.24, 2.45) is 0 Å². The van der Waals surface area contributed by atoms with Gasteiger partial charge in [0.1, 0.15) is 10.6 Å². The van der Waals surface area contributed by atoms with Crippen molar-refractivity contribution in [3.05, 3.63) is 52.8 Å². The van der Waals surface area contributed by atoms with E-state index in [4.69, 9.17) is 4.74 Å². The molecule has 130 valence electrons. The van der Waals surface area contributed by atoms with Crippen LogP contribution >= 0.6 is 0 Å². The molecule has 0 unspecified atom stereocenters. The van der Waals surface area contributed by atoms with Gasteiger partial charge in [0, 0.05) is 17.8 Å². The summed E-state index contributed by atoms with van der Waals surface area (Å²) in [6, 6.07) is 9.63. The Labute approximate surface area is 142 Å². The fourth-order valence-corrected chi connectivity index (χ4v) is 4.06. The first-order valence-electron chi connectivity index (χ1n) is 7.76. The molecule has 0 bridgehead atoms. The van der Waals surface area contributed by atoms with Gasteiger partial charge in [-0.1, -0.05) is 30.3 Å². The van der Waals surface area contributed by atoms with Crippen LogP contribution in [0.1, 0.15) is 34.2 Å². The Hall–Kier alpha value is -2.12. The SMILES string of the molecule is CCOC(=O)c1[nH]c(C)c(S(=O)(=O)NCCc2ccccc2)c1C. The monoisotopic (exact) mass is 350 g/mol. The summed E-state index contributed by atoms with van der Waals surface area (Å²) in [7, 11) is -3.71. The second-order valence-corrected chi connectivity index (χ2v) is 7.14. The highest BCUT2D eigenvalue weighted by Crippen LogP contribution is 2.23. The predicted molar refractivity (Wildman–Crippen MR) is 91.6 cm³/mol. The van der Waals surface area contributed by atoms with Crippen molar-refractivity contribution in [3.63, 3.8) is 0 Å². The van der Waals surface area contributed by atoms with Gasteiger partial charge in [0.05, 0.1) is 6.61 Å². The topological polar surface area (TPSA) is 88.3 Å². The van der Waals surface area contributed by atoms with E-state index in [2.05, 4.69) is 9.71 Å². The summed E-state index contributed by atoms with van der Waals surface area (Å²) < 4.78 is 32.7. The van der Waals surface area contributed by atoms with Gasteiger partial charge in [0.25, 0.3) is 0 Å². The van der Waals surface area contributed by atoms with Gasteiger partial charge >= 0.3 is 5.97 Å². The molecule has 2 aromatic rings. The number of nitrogens with one attached hydrogen (secondary N) is 2. The number of rotatable bonds is 7. The van der Waals surface area contributed by atoms with E-state index in [1.54, 1.807) is 20.8 Å². The number of aromatic amines is 1. The summed E-state index contributed by atoms with van der Waals surface area (Å²) in [6.45, 7) is 5.44. The number of aryl methyl sites for hydroxylation is 1. The zero-order valence-electron chi connectivity index (χ0n) is 14.0. The van der Waals surface area contributed by atoms with Crippen LogP contribution in [-0.4, -0.2) is 32.5 Å². The smallest absolute Gasteiger partial charge is 0.355 e. The lowest BCUT2D eigenvalue weighted by Crippen LogP contribution is -2.27. The second-order valence-electron chi connectivity index (χ2n) is 5.43. The molecule has 1 heterocycles. The maximum absolute atomic E-state index is 12.6. The molecule has 0 spiro atoms. The molecular weight excluding hydrogens is 328 g/mol. The molecule has 0 saturated carbocycles. The van der Waals surface area contributed by atoms with Crippen molar-refractivity contribution < 1.29 is 17.9 Å². The van der Waals surface area contributed by atoms with Crippen LogP contribution < -0.4 is 4.72 Å². The van der Waals surface area contributed by atoms with Gasteiger partial charge in [-0.3, -0.25) is 0 Å². The normalized spacial score (nSPS) is 11.5. The number of aromatic nitrogens is 1. The number of H-pyrrole nitrogens is 1. The molecule has 6 nitrogen and oxygen atoms in total. The second kappa shape index (κ2) is 7.63. The van der Waals surface area contributed by atoms with E-state index in [-0.39, 0.29) is 23.7 Å². The lowest BCUT2D eigenvalue weighted by Gasteiger charge is -2.08. The summed E-state index contributed by atoms with van der Waals surface area (Å²) >= 11 is 0. The molecule has 0 radical (unpaired) electrons. The van der Waals surface area contributed by atoms with E-state index in [1.165, 1.54) is 0 Å². The number of benzene rings is 1. The van der Waals surface area contributed by atoms with Gasteiger partial charge < -0.3 is 9.72 Å². The Morgan fingerprint density at radius 2 is 1.88 bits per heavy atom. The molecule has 2 N–H and O–H groups in total. The molecular formula is C17H22N2O4S. The van der Waals surface area contributed by atoms with Crippen LogP contribution in [0.15, 0.2) is 35.2 Å². The maximum atomic E-state index is 12.6. The van der Waals surface area contributed by atoms with E-state index < -0.39 is 16.0 Å². The van der Waals surface area contributed by atoms with Crippen LogP contribution in [0.4, 0.5) is 0 Å². The zero-order chi connectivity index (χ0) is 17.7. The molecule has 0 fully saturated rings. The Kier molecular flexibility index (Phi) is 5.80. The third kappa shape index (κ3) is 4.04. The van der Waals surface area contributed by atoms with Crippen molar-refractivity contribution in [1.82, 2.24) is 9.71 Å². The first-order chi connectivity index (χ1) is 11.4. The standard InChI is InChI=1S/C17H22N2O4S/c1-4-23-17(20)15-12(2)16(13(3)19-15)24(21,22)18-11-10-14-8-6-5-7-9-14/h5-9,18-19H,4,10-11H2,1-3H3. The third-order valence-corrected chi connectivity index (χ3v) is 5.40. The highest BCUT2D eigenvalue weighted by molar-refractivity contribution is 7.89. The molecule has 1 aromatic heterocycles. The molecule has 0 amide bonds. The lowest BCUT2D eigenvalue weighted by atomic mass is 10.2. The zero-order valence-corrected chi connectivity index (χ0v) is 14.9. The van der Waals surface area contributed by atoms with Gasteiger partial charge in [-0.2, -0.15) is 0 Å². The van der Waals surface area contributed by atoms with Crippen molar-refractivity contribution in [2.45, 2.75) is 32.1 Å². The quantitative estimate of drug-likeness (QED) is 0.750. The Bertz CT molecular complexity index is 811. The molecule has 0 aliphatic carbocycles.